The van der Waals surface area contributed by atoms with E-state index in [1.165, 1.54) is 12.1 Å². The molecule has 3 aromatic rings. The number of alkyl halides is 3. The topological polar surface area (TPSA) is 56.9 Å². The molecule has 1 amide bonds. The average molecular weight is 333 g/mol. The van der Waals surface area contributed by atoms with Crippen LogP contribution in [0.1, 0.15) is 5.56 Å². The summed E-state index contributed by atoms with van der Waals surface area (Å²) < 4.78 is 37.5. The molecule has 1 heterocycles. The normalized spacial score (nSPS) is 11.5. The van der Waals surface area contributed by atoms with Crippen molar-refractivity contribution in [2.75, 3.05) is 17.2 Å². The van der Waals surface area contributed by atoms with Crippen LogP contribution in [-0.2, 0) is 11.0 Å². The van der Waals surface area contributed by atoms with Gasteiger partial charge in [-0.1, -0.05) is 18.2 Å². The van der Waals surface area contributed by atoms with Crippen molar-refractivity contribution >= 4 is 28.2 Å². The molecule has 2 aromatic carbocycles. The summed E-state index contributed by atoms with van der Waals surface area (Å²) in [6, 6.07) is 12.1. The molecule has 4 nitrogen and oxygen atoms in total. The number of H-pyrrole nitrogens is 1. The molecule has 0 spiro atoms. The van der Waals surface area contributed by atoms with Gasteiger partial charge in [0.05, 0.1) is 17.8 Å². The van der Waals surface area contributed by atoms with Gasteiger partial charge < -0.3 is 15.6 Å². The van der Waals surface area contributed by atoms with E-state index in [-0.39, 0.29) is 12.5 Å². The van der Waals surface area contributed by atoms with Crippen molar-refractivity contribution in [3.05, 3.63) is 60.3 Å². The second kappa shape index (κ2) is 6.27. The Kier molecular flexibility index (Phi) is 4.16. The number of carbonyl (C=O) groups is 1. The summed E-state index contributed by atoms with van der Waals surface area (Å²) in [5.74, 6) is -0.292. The number of hydrogen-bond acceptors (Lipinski definition) is 2. The summed E-state index contributed by atoms with van der Waals surface area (Å²) in [7, 11) is 0. The number of aromatic nitrogens is 1. The first-order valence-corrected chi connectivity index (χ1v) is 7.20. The van der Waals surface area contributed by atoms with Gasteiger partial charge in [-0.3, -0.25) is 4.79 Å². The Morgan fingerprint density at radius 3 is 2.46 bits per heavy atom. The van der Waals surface area contributed by atoms with Gasteiger partial charge in [0.25, 0.3) is 0 Å². The highest BCUT2D eigenvalue weighted by atomic mass is 19.4. The zero-order chi connectivity index (χ0) is 17.2. The van der Waals surface area contributed by atoms with Crippen LogP contribution in [-0.4, -0.2) is 17.4 Å². The Labute approximate surface area is 135 Å². The van der Waals surface area contributed by atoms with E-state index < -0.39 is 11.7 Å². The number of anilines is 2. The van der Waals surface area contributed by atoms with Crippen LogP contribution in [0, 0.1) is 0 Å². The summed E-state index contributed by atoms with van der Waals surface area (Å²) in [6.45, 7) is -0.0507. The van der Waals surface area contributed by atoms with Gasteiger partial charge in [0, 0.05) is 22.8 Å². The van der Waals surface area contributed by atoms with Gasteiger partial charge in [-0.05, 0) is 30.3 Å². The van der Waals surface area contributed by atoms with E-state index in [1.807, 2.05) is 24.3 Å². The Balaban J connectivity index is 1.59. The fourth-order valence-electron chi connectivity index (χ4n) is 2.33. The first-order valence-electron chi connectivity index (χ1n) is 7.20. The molecule has 0 aliphatic rings. The molecule has 0 radical (unpaired) electrons. The first-order chi connectivity index (χ1) is 11.4. The molecule has 24 heavy (non-hydrogen) atoms. The molecule has 3 rings (SSSR count). The van der Waals surface area contributed by atoms with E-state index in [9.17, 15) is 18.0 Å². The molecular weight excluding hydrogens is 319 g/mol. The van der Waals surface area contributed by atoms with Gasteiger partial charge in [-0.2, -0.15) is 13.2 Å². The average Bonchev–Trinajstić information content (AvgIpc) is 2.96. The van der Waals surface area contributed by atoms with Gasteiger partial charge in [-0.25, -0.2) is 0 Å². The maximum absolute atomic E-state index is 12.5. The van der Waals surface area contributed by atoms with E-state index in [0.29, 0.717) is 11.4 Å². The smallest absolute Gasteiger partial charge is 0.376 e. The molecule has 0 unspecified atom stereocenters. The van der Waals surface area contributed by atoms with Crippen LogP contribution in [0.25, 0.3) is 10.9 Å². The van der Waals surface area contributed by atoms with Crippen molar-refractivity contribution < 1.29 is 18.0 Å². The maximum atomic E-state index is 12.5. The molecular formula is C17H14F3N3O. The van der Waals surface area contributed by atoms with E-state index in [2.05, 4.69) is 15.6 Å². The summed E-state index contributed by atoms with van der Waals surface area (Å²) in [4.78, 5) is 15.0. The predicted molar refractivity (Wildman–Crippen MR) is 86.9 cm³/mol. The Morgan fingerprint density at radius 1 is 1.04 bits per heavy atom. The summed E-state index contributed by atoms with van der Waals surface area (Å²) in [5, 5.41) is 6.44. The van der Waals surface area contributed by atoms with E-state index in [1.54, 1.807) is 6.20 Å². The predicted octanol–water partition coefficient (Wildman–Crippen LogP) is 4.24. The van der Waals surface area contributed by atoms with Crippen LogP contribution < -0.4 is 10.6 Å². The van der Waals surface area contributed by atoms with Gasteiger partial charge >= 0.3 is 6.18 Å². The molecule has 124 valence electrons. The first kappa shape index (κ1) is 15.9. The lowest BCUT2D eigenvalue weighted by Crippen LogP contribution is -2.21. The lowest BCUT2D eigenvalue weighted by atomic mass is 10.2. The van der Waals surface area contributed by atoms with E-state index in [0.717, 1.165) is 23.0 Å². The molecule has 7 heteroatoms. The zero-order valence-electron chi connectivity index (χ0n) is 12.4. The third kappa shape index (κ3) is 3.51. The minimum absolute atomic E-state index is 0.0507. The Bertz CT molecular complexity index is 853. The highest BCUT2D eigenvalue weighted by molar-refractivity contribution is 6.02. The molecule has 0 aliphatic carbocycles. The Morgan fingerprint density at radius 2 is 1.75 bits per heavy atom. The van der Waals surface area contributed by atoms with Crippen LogP contribution in [0.4, 0.5) is 24.5 Å². The number of benzene rings is 2. The summed E-state index contributed by atoms with van der Waals surface area (Å²) >= 11 is 0. The monoisotopic (exact) mass is 333 g/mol. The van der Waals surface area contributed by atoms with Crippen molar-refractivity contribution in [1.29, 1.82) is 0 Å². The molecule has 0 saturated carbocycles. The van der Waals surface area contributed by atoms with Crippen molar-refractivity contribution in [1.82, 2.24) is 4.98 Å². The van der Waals surface area contributed by atoms with E-state index in [4.69, 9.17) is 0 Å². The minimum atomic E-state index is -4.37. The largest absolute Gasteiger partial charge is 0.416 e. The number of halogens is 3. The van der Waals surface area contributed by atoms with E-state index >= 15 is 0 Å². The highest BCUT2D eigenvalue weighted by Gasteiger charge is 2.29. The van der Waals surface area contributed by atoms with Crippen LogP contribution in [0.15, 0.2) is 54.7 Å². The lowest BCUT2D eigenvalue weighted by Gasteiger charge is -2.09. The second-order valence-electron chi connectivity index (χ2n) is 5.22. The van der Waals surface area contributed by atoms with Crippen LogP contribution in [0.3, 0.4) is 0 Å². The quantitative estimate of drug-likeness (QED) is 0.669. The highest BCUT2D eigenvalue weighted by Crippen LogP contribution is 2.29. The number of para-hydroxylation sites is 1. The summed E-state index contributed by atoms with van der Waals surface area (Å²) in [6.07, 6.45) is -2.67. The van der Waals surface area contributed by atoms with Crippen molar-refractivity contribution in [3.63, 3.8) is 0 Å². The second-order valence-corrected chi connectivity index (χ2v) is 5.22. The zero-order valence-corrected chi connectivity index (χ0v) is 12.4. The number of rotatable bonds is 4. The maximum Gasteiger partial charge on any atom is 0.416 e. The fourth-order valence-corrected chi connectivity index (χ4v) is 2.33. The van der Waals surface area contributed by atoms with Crippen molar-refractivity contribution in [3.8, 4) is 0 Å². The number of carbonyl (C=O) groups excluding carboxylic acids is 1. The minimum Gasteiger partial charge on any atom is -0.376 e. The van der Waals surface area contributed by atoms with Crippen molar-refractivity contribution in [2.45, 2.75) is 6.18 Å². The van der Waals surface area contributed by atoms with Crippen LogP contribution in [0.2, 0.25) is 0 Å². The van der Waals surface area contributed by atoms with Crippen molar-refractivity contribution in [2.24, 2.45) is 0 Å². The number of hydrogen-bond donors (Lipinski definition) is 3. The summed E-state index contributed by atoms with van der Waals surface area (Å²) in [5.41, 5.74) is 1.28. The standard InChI is InChI=1S/C17H14F3N3O/c18-17(19,20)11-5-7-12(8-6-11)21-10-16(24)23-15-9-22-14-4-2-1-3-13(14)15/h1-9,21-22H,10H2,(H,23,24). The number of fused-ring (bicyclic) bond motifs is 1. The van der Waals surface area contributed by atoms with Crippen LogP contribution >= 0.6 is 0 Å². The fraction of sp³-hybridized carbons (Fsp3) is 0.118. The van der Waals surface area contributed by atoms with Gasteiger partial charge in [0.1, 0.15) is 0 Å². The molecule has 3 N–H and O–H groups in total. The third-order valence-corrected chi connectivity index (χ3v) is 3.53. The number of aromatic amines is 1. The molecule has 0 atom stereocenters. The van der Waals surface area contributed by atoms with Gasteiger partial charge in [0.2, 0.25) is 5.91 Å². The Hall–Kier alpha value is -2.96. The molecule has 0 fully saturated rings. The lowest BCUT2D eigenvalue weighted by molar-refractivity contribution is -0.137. The third-order valence-electron chi connectivity index (χ3n) is 3.53. The molecule has 0 aliphatic heterocycles. The SMILES string of the molecule is O=C(CNc1ccc(C(F)(F)F)cc1)Nc1c[nH]c2ccccc12. The number of nitrogens with one attached hydrogen (secondary N) is 3. The van der Waals surface area contributed by atoms with Crippen LogP contribution in [0.5, 0.6) is 0 Å². The number of amides is 1. The van der Waals surface area contributed by atoms with Gasteiger partial charge in [-0.15, -0.1) is 0 Å². The molecule has 0 bridgehead atoms. The molecule has 0 saturated heterocycles. The van der Waals surface area contributed by atoms with Gasteiger partial charge in [0.15, 0.2) is 0 Å². The molecule has 1 aromatic heterocycles.